The molecule has 0 bridgehead atoms. The van der Waals surface area contributed by atoms with Gasteiger partial charge in [0, 0.05) is 6.42 Å². The number of rotatable bonds is 5. The van der Waals surface area contributed by atoms with Gasteiger partial charge in [-0.2, -0.15) is 0 Å². The van der Waals surface area contributed by atoms with E-state index in [0.717, 1.165) is 23.9 Å². The molecule has 76 valence electrons. The van der Waals surface area contributed by atoms with Gasteiger partial charge < -0.3 is 14.4 Å². The lowest BCUT2D eigenvalue weighted by Crippen LogP contribution is -2.35. The van der Waals surface area contributed by atoms with Gasteiger partial charge in [-0.05, 0) is 18.9 Å². The Morgan fingerprint density at radius 1 is 1.38 bits per heavy atom. The van der Waals surface area contributed by atoms with Crippen LogP contribution in [0.3, 0.4) is 0 Å². The topological polar surface area (TPSA) is 40.1 Å². The highest BCUT2D eigenvalue weighted by molar-refractivity contribution is 5.83. The number of carbonyl (C=O) groups is 1. The molecule has 0 aromatic heterocycles. The predicted octanol–water partition coefficient (Wildman–Crippen LogP) is 0.169. The quantitative estimate of drug-likeness (QED) is 0.348. The van der Waals surface area contributed by atoms with E-state index in [1.807, 2.05) is 0 Å². The Bertz CT molecular complexity index is 201. The molecule has 3 nitrogen and oxygen atoms in total. The third-order valence-corrected chi connectivity index (χ3v) is 1.81. The molecule has 0 fully saturated rings. The first-order chi connectivity index (χ1) is 5.83. The summed E-state index contributed by atoms with van der Waals surface area (Å²) in [5.41, 5.74) is 0.335. The van der Waals surface area contributed by atoms with E-state index in [2.05, 4.69) is 21.1 Å². The minimum absolute atomic E-state index is 0.335. The standard InChI is InChI=1S/C10H19NO2/c1-9(10(12)13)7-5-6-8-11(2,3)4/h7H,5-6,8H2,1-4H3/b9-7+. The molecule has 0 saturated carbocycles. The molecule has 0 aromatic rings. The molecule has 0 spiro atoms. The van der Waals surface area contributed by atoms with Crippen LogP contribution in [0.2, 0.25) is 0 Å². The average Bonchev–Trinajstić information content (AvgIpc) is 1.95. The highest BCUT2D eigenvalue weighted by atomic mass is 16.4. The van der Waals surface area contributed by atoms with Crippen LogP contribution >= 0.6 is 0 Å². The van der Waals surface area contributed by atoms with Gasteiger partial charge in [0.1, 0.15) is 0 Å². The van der Waals surface area contributed by atoms with Gasteiger partial charge in [-0.25, -0.2) is 0 Å². The predicted molar refractivity (Wildman–Crippen MR) is 50.9 cm³/mol. The Morgan fingerprint density at radius 3 is 2.31 bits per heavy atom. The third-order valence-electron chi connectivity index (χ3n) is 1.81. The van der Waals surface area contributed by atoms with Gasteiger partial charge in [-0.15, -0.1) is 0 Å². The Hall–Kier alpha value is -0.830. The second kappa shape index (κ2) is 5.02. The zero-order valence-corrected chi connectivity index (χ0v) is 8.96. The van der Waals surface area contributed by atoms with Crippen molar-refractivity contribution in [1.82, 2.24) is 0 Å². The number of aliphatic carboxylic acids is 1. The van der Waals surface area contributed by atoms with E-state index in [9.17, 15) is 9.90 Å². The summed E-state index contributed by atoms with van der Waals surface area (Å²) in [5, 5.41) is 10.3. The van der Waals surface area contributed by atoms with Gasteiger partial charge in [0.2, 0.25) is 0 Å². The van der Waals surface area contributed by atoms with Gasteiger partial charge in [0.05, 0.1) is 33.7 Å². The average molecular weight is 185 g/mol. The Morgan fingerprint density at radius 2 is 1.92 bits per heavy atom. The van der Waals surface area contributed by atoms with E-state index in [1.165, 1.54) is 0 Å². The number of unbranched alkanes of at least 4 members (excludes halogenated alkanes) is 1. The van der Waals surface area contributed by atoms with Crippen molar-refractivity contribution < 1.29 is 14.4 Å². The van der Waals surface area contributed by atoms with E-state index in [4.69, 9.17) is 0 Å². The second-order valence-electron chi connectivity index (χ2n) is 4.33. The number of carboxylic acids is 1. The molecule has 0 aliphatic heterocycles. The highest BCUT2D eigenvalue weighted by Gasteiger charge is 2.04. The fourth-order valence-corrected chi connectivity index (χ4v) is 0.968. The van der Waals surface area contributed by atoms with Crippen molar-refractivity contribution in [2.45, 2.75) is 19.8 Å². The Labute approximate surface area is 80.3 Å². The number of nitrogens with zero attached hydrogens (tertiary/aromatic N) is 1. The summed E-state index contributed by atoms with van der Waals surface area (Å²) in [5.74, 6) is -1.06. The molecule has 0 aliphatic carbocycles. The van der Waals surface area contributed by atoms with E-state index >= 15 is 0 Å². The van der Waals surface area contributed by atoms with Crippen molar-refractivity contribution in [3.05, 3.63) is 11.6 Å². The molecule has 3 heteroatoms. The number of hydrogen-bond acceptors (Lipinski definition) is 2. The molecule has 0 aromatic carbocycles. The number of hydrogen-bond donors (Lipinski definition) is 0. The van der Waals surface area contributed by atoms with E-state index in [-0.39, 0.29) is 0 Å². The zero-order chi connectivity index (χ0) is 10.5. The molecule has 0 N–H and O–H groups in total. The largest absolute Gasteiger partial charge is 0.545 e. The first-order valence-electron chi connectivity index (χ1n) is 4.51. The minimum Gasteiger partial charge on any atom is -0.545 e. The van der Waals surface area contributed by atoms with Crippen LogP contribution in [0.5, 0.6) is 0 Å². The third kappa shape index (κ3) is 7.53. The van der Waals surface area contributed by atoms with Crippen LogP contribution in [0.1, 0.15) is 19.8 Å². The number of quaternary nitrogens is 1. The fraction of sp³-hybridized carbons (Fsp3) is 0.700. The van der Waals surface area contributed by atoms with Crippen LogP contribution in [0.15, 0.2) is 11.6 Å². The first-order valence-corrected chi connectivity index (χ1v) is 4.51. The maximum Gasteiger partial charge on any atom is 0.0783 e. The molecule has 0 unspecified atom stereocenters. The monoisotopic (exact) mass is 185 g/mol. The minimum atomic E-state index is -1.06. The van der Waals surface area contributed by atoms with Crippen molar-refractivity contribution in [2.75, 3.05) is 27.7 Å². The normalized spacial score (nSPS) is 13.1. The van der Waals surface area contributed by atoms with Gasteiger partial charge in [0.15, 0.2) is 0 Å². The molecule has 13 heavy (non-hydrogen) atoms. The summed E-state index contributed by atoms with van der Waals surface area (Å²) in [6.07, 6.45) is 3.55. The maximum absolute atomic E-state index is 10.3. The molecule has 0 aliphatic rings. The smallest absolute Gasteiger partial charge is 0.0783 e. The van der Waals surface area contributed by atoms with Crippen LogP contribution in [-0.4, -0.2) is 38.1 Å². The fourth-order valence-electron chi connectivity index (χ4n) is 0.968. The lowest BCUT2D eigenvalue weighted by Gasteiger charge is -2.23. The van der Waals surface area contributed by atoms with Crippen LogP contribution in [0.4, 0.5) is 0 Å². The molecule has 0 saturated heterocycles. The van der Waals surface area contributed by atoms with E-state index < -0.39 is 5.97 Å². The zero-order valence-electron chi connectivity index (χ0n) is 8.96. The lowest BCUT2D eigenvalue weighted by molar-refractivity contribution is -0.870. The van der Waals surface area contributed by atoms with Crippen LogP contribution in [0.25, 0.3) is 0 Å². The van der Waals surface area contributed by atoms with Gasteiger partial charge >= 0.3 is 0 Å². The van der Waals surface area contributed by atoms with Crippen molar-refractivity contribution in [1.29, 1.82) is 0 Å². The first kappa shape index (κ1) is 12.2. The summed E-state index contributed by atoms with van der Waals surface area (Å²) in [4.78, 5) is 10.3. The van der Waals surface area contributed by atoms with Crippen molar-refractivity contribution in [3.63, 3.8) is 0 Å². The molecular weight excluding hydrogens is 166 g/mol. The maximum atomic E-state index is 10.3. The van der Waals surface area contributed by atoms with E-state index in [1.54, 1.807) is 13.0 Å². The molecular formula is C10H19NO2. The van der Waals surface area contributed by atoms with Crippen LogP contribution in [0, 0.1) is 0 Å². The second-order valence-corrected chi connectivity index (χ2v) is 4.33. The number of carboxylic acid groups (broad SMARTS) is 1. The van der Waals surface area contributed by atoms with Gasteiger partial charge in [-0.3, -0.25) is 0 Å². The van der Waals surface area contributed by atoms with Gasteiger partial charge in [0.25, 0.3) is 0 Å². The molecule has 0 rings (SSSR count). The van der Waals surface area contributed by atoms with Crippen molar-refractivity contribution in [3.8, 4) is 0 Å². The number of allylic oxidation sites excluding steroid dienone is 1. The van der Waals surface area contributed by atoms with Crippen molar-refractivity contribution in [2.24, 2.45) is 0 Å². The van der Waals surface area contributed by atoms with E-state index in [0.29, 0.717) is 5.57 Å². The number of carbonyl (C=O) groups excluding carboxylic acids is 1. The molecule has 0 radical (unpaired) electrons. The lowest BCUT2D eigenvalue weighted by atomic mass is 10.2. The Kier molecular flexibility index (Phi) is 4.70. The summed E-state index contributed by atoms with van der Waals surface area (Å²) in [6.45, 7) is 2.62. The highest BCUT2D eigenvalue weighted by Crippen LogP contribution is 2.01. The summed E-state index contributed by atoms with van der Waals surface area (Å²) in [6, 6.07) is 0. The summed E-state index contributed by atoms with van der Waals surface area (Å²) in [7, 11) is 6.36. The molecule has 0 amide bonds. The SMILES string of the molecule is C/C(=C\CCC[N+](C)(C)C)C(=O)[O-]. The Balaban J connectivity index is 3.68. The summed E-state index contributed by atoms with van der Waals surface area (Å²) >= 11 is 0. The van der Waals surface area contributed by atoms with Crippen molar-refractivity contribution >= 4 is 5.97 Å². The molecule has 0 heterocycles. The molecule has 0 atom stereocenters. The van der Waals surface area contributed by atoms with Crippen LogP contribution < -0.4 is 5.11 Å². The van der Waals surface area contributed by atoms with Gasteiger partial charge in [-0.1, -0.05) is 6.08 Å². The summed E-state index contributed by atoms with van der Waals surface area (Å²) < 4.78 is 0.915. The van der Waals surface area contributed by atoms with Crippen LogP contribution in [-0.2, 0) is 4.79 Å².